The minimum absolute atomic E-state index is 0.0222. The van der Waals surface area contributed by atoms with Gasteiger partial charge >= 0.3 is 0 Å². The average Bonchev–Trinajstić information content (AvgIpc) is 3.02. The van der Waals surface area contributed by atoms with Gasteiger partial charge in [-0.15, -0.1) is 0 Å². The highest BCUT2D eigenvalue weighted by Crippen LogP contribution is 2.17. The lowest BCUT2D eigenvalue weighted by atomic mass is 10.2. The topological polar surface area (TPSA) is 54.7 Å². The Morgan fingerprint density at radius 1 is 1.23 bits per heavy atom. The molecule has 0 aliphatic heterocycles. The van der Waals surface area contributed by atoms with Gasteiger partial charge in [-0.3, -0.25) is 9.69 Å². The van der Waals surface area contributed by atoms with Gasteiger partial charge in [0.2, 0.25) is 5.91 Å². The summed E-state index contributed by atoms with van der Waals surface area (Å²) in [7, 11) is 3.91. The van der Waals surface area contributed by atoms with Crippen molar-refractivity contribution >= 4 is 5.91 Å². The van der Waals surface area contributed by atoms with Crippen LogP contribution >= 0.6 is 0 Å². The van der Waals surface area contributed by atoms with Gasteiger partial charge in [0.15, 0.2) is 0 Å². The Kier molecular flexibility index (Phi) is 6.03. The van der Waals surface area contributed by atoms with Crippen LogP contribution < -0.4 is 10.1 Å². The summed E-state index contributed by atoms with van der Waals surface area (Å²) in [4.78, 5) is 13.9. The minimum atomic E-state index is -0.0330. The number of nitrogens with one attached hydrogen (secondary N) is 1. The number of likely N-dealkylation sites (N-methyl/N-ethyl adjacent to an activating group) is 1. The molecule has 1 heterocycles. The second-order valence-electron chi connectivity index (χ2n) is 5.21. The quantitative estimate of drug-likeness (QED) is 0.814. The molecule has 0 aliphatic carbocycles. The Hall–Kier alpha value is -2.27. The van der Waals surface area contributed by atoms with E-state index >= 15 is 0 Å². The van der Waals surface area contributed by atoms with Crippen molar-refractivity contribution < 1.29 is 13.9 Å². The van der Waals surface area contributed by atoms with Gasteiger partial charge in [-0.2, -0.15) is 0 Å². The molecule has 5 nitrogen and oxygen atoms in total. The van der Waals surface area contributed by atoms with Crippen molar-refractivity contribution in [2.45, 2.75) is 12.5 Å². The zero-order valence-corrected chi connectivity index (χ0v) is 13.0. The summed E-state index contributed by atoms with van der Waals surface area (Å²) in [6.45, 7) is 0.869. The van der Waals surface area contributed by atoms with Gasteiger partial charge < -0.3 is 14.5 Å². The van der Waals surface area contributed by atoms with Crippen molar-refractivity contribution in [1.29, 1.82) is 0 Å². The van der Waals surface area contributed by atoms with Crippen LogP contribution in [0.4, 0.5) is 0 Å². The molecule has 1 aromatic heterocycles. The third kappa shape index (κ3) is 4.93. The SMILES string of the molecule is CN(C)[C@@H](CNC(=O)CCOc1ccccc1)c1ccco1. The van der Waals surface area contributed by atoms with Gasteiger partial charge in [-0.25, -0.2) is 0 Å². The van der Waals surface area contributed by atoms with Crippen LogP contribution in [-0.2, 0) is 4.79 Å². The Morgan fingerprint density at radius 3 is 2.64 bits per heavy atom. The van der Waals surface area contributed by atoms with Gasteiger partial charge in [0.05, 0.1) is 25.3 Å². The van der Waals surface area contributed by atoms with Crippen molar-refractivity contribution in [2.24, 2.45) is 0 Å². The van der Waals surface area contributed by atoms with Crippen LogP contribution in [0.2, 0.25) is 0 Å². The molecule has 1 atom stereocenters. The Balaban J connectivity index is 1.72. The van der Waals surface area contributed by atoms with Crippen LogP contribution in [-0.4, -0.2) is 38.1 Å². The lowest BCUT2D eigenvalue weighted by Crippen LogP contribution is -2.34. The second-order valence-corrected chi connectivity index (χ2v) is 5.21. The molecule has 1 amide bonds. The zero-order valence-electron chi connectivity index (χ0n) is 13.0. The smallest absolute Gasteiger partial charge is 0.223 e. The van der Waals surface area contributed by atoms with Crippen molar-refractivity contribution in [2.75, 3.05) is 27.2 Å². The summed E-state index contributed by atoms with van der Waals surface area (Å²) >= 11 is 0. The predicted octanol–water partition coefficient (Wildman–Crippen LogP) is 2.47. The average molecular weight is 302 g/mol. The fourth-order valence-electron chi connectivity index (χ4n) is 2.10. The number of benzene rings is 1. The number of carbonyl (C=O) groups is 1. The van der Waals surface area contributed by atoms with Crippen LogP contribution in [0.3, 0.4) is 0 Å². The number of para-hydroxylation sites is 1. The Morgan fingerprint density at radius 2 is 2.00 bits per heavy atom. The maximum Gasteiger partial charge on any atom is 0.223 e. The lowest BCUT2D eigenvalue weighted by molar-refractivity contribution is -0.121. The van der Waals surface area contributed by atoms with Crippen molar-refractivity contribution in [3.05, 3.63) is 54.5 Å². The summed E-state index contributed by atoms with van der Waals surface area (Å²) in [5, 5.41) is 2.92. The molecule has 118 valence electrons. The molecule has 22 heavy (non-hydrogen) atoms. The molecule has 0 saturated carbocycles. The lowest BCUT2D eigenvalue weighted by Gasteiger charge is -2.22. The molecule has 0 unspecified atom stereocenters. The fraction of sp³-hybridized carbons (Fsp3) is 0.353. The minimum Gasteiger partial charge on any atom is -0.493 e. The molecule has 5 heteroatoms. The largest absolute Gasteiger partial charge is 0.493 e. The summed E-state index contributed by atoms with van der Waals surface area (Å²) in [5.41, 5.74) is 0. The molecular formula is C17H22N2O3. The fourth-order valence-corrected chi connectivity index (χ4v) is 2.10. The van der Waals surface area contributed by atoms with E-state index in [1.807, 2.05) is 61.5 Å². The number of carbonyl (C=O) groups excluding carboxylic acids is 1. The predicted molar refractivity (Wildman–Crippen MR) is 84.7 cm³/mol. The van der Waals surface area contributed by atoms with E-state index in [9.17, 15) is 4.79 Å². The zero-order chi connectivity index (χ0) is 15.8. The van der Waals surface area contributed by atoms with E-state index in [0.29, 0.717) is 19.6 Å². The van der Waals surface area contributed by atoms with Gasteiger partial charge in [-0.1, -0.05) is 18.2 Å². The van der Waals surface area contributed by atoms with Crippen LogP contribution in [0.5, 0.6) is 5.75 Å². The standard InChI is InChI=1S/C17H22N2O3/c1-19(2)15(16-9-6-11-22-16)13-18-17(20)10-12-21-14-7-4-3-5-8-14/h3-9,11,15H,10,12-13H2,1-2H3,(H,18,20)/t15-/m0/s1. The van der Waals surface area contributed by atoms with Crippen LogP contribution in [0.1, 0.15) is 18.2 Å². The molecule has 0 spiro atoms. The normalized spacial score (nSPS) is 12.1. The summed E-state index contributed by atoms with van der Waals surface area (Å²) in [6, 6.07) is 13.3. The number of amides is 1. The van der Waals surface area contributed by atoms with Crippen LogP contribution in [0.15, 0.2) is 53.1 Å². The Labute approximate surface area is 130 Å². The van der Waals surface area contributed by atoms with Gasteiger partial charge in [0.1, 0.15) is 11.5 Å². The first-order valence-corrected chi connectivity index (χ1v) is 7.31. The number of nitrogens with zero attached hydrogens (tertiary/aromatic N) is 1. The van der Waals surface area contributed by atoms with E-state index in [1.165, 1.54) is 0 Å². The number of hydrogen-bond acceptors (Lipinski definition) is 4. The molecule has 2 rings (SSSR count). The highest BCUT2D eigenvalue weighted by Gasteiger charge is 2.17. The summed E-state index contributed by atoms with van der Waals surface area (Å²) < 4.78 is 10.9. The van der Waals surface area contributed by atoms with E-state index in [0.717, 1.165) is 11.5 Å². The highest BCUT2D eigenvalue weighted by atomic mass is 16.5. The van der Waals surface area contributed by atoms with Crippen molar-refractivity contribution in [3.8, 4) is 5.75 Å². The monoisotopic (exact) mass is 302 g/mol. The van der Waals surface area contributed by atoms with E-state index in [1.54, 1.807) is 6.26 Å². The molecule has 0 bridgehead atoms. The van der Waals surface area contributed by atoms with Gasteiger partial charge in [-0.05, 0) is 38.4 Å². The first kappa shape index (κ1) is 16.1. The van der Waals surface area contributed by atoms with Crippen LogP contribution in [0.25, 0.3) is 0 Å². The van der Waals surface area contributed by atoms with Gasteiger partial charge in [0, 0.05) is 6.54 Å². The molecule has 0 fully saturated rings. The highest BCUT2D eigenvalue weighted by molar-refractivity contribution is 5.76. The second kappa shape index (κ2) is 8.24. The molecule has 0 radical (unpaired) electrons. The first-order valence-electron chi connectivity index (χ1n) is 7.31. The van der Waals surface area contributed by atoms with E-state index in [4.69, 9.17) is 9.15 Å². The third-order valence-electron chi connectivity index (χ3n) is 3.33. The van der Waals surface area contributed by atoms with Crippen LogP contribution in [0, 0.1) is 0 Å². The molecular weight excluding hydrogens is 280 g/mol. The molecule has 1 aromatic carbocycles. The molecule has 2 aromatic rings. The van der Waals surface area contributed by atoms with E-state index in [-0.39, 0.29) is 11.9 Å². The number of ether oxygens (including phenoxy) is 1. The number of furan rings is 1. The molecule has 0 aliphatic rings. The first-order chi connectivity index (χ1) is 10.7. The van der Waals surface area contributed by atoms with E-state index < -0.39 is 0 Å². The number of rotatable bonds is 8. The van der Waals surface area contributed by atoms with E-state index in [2.05, 4.69) is 5.32 Å². The third-order valence-corrected chi connectivity index (χ3v) is 3.33. The number of hydrogen-bond donors (Lipinski definition) is 1. The van der Waals surface area contributed by atoms with Crippen molar-refractivity contribution in [1.82, 2.24) is 10.2 Å². The molecule has 1 N–H and O–H groups in total. The summed E-state index contributed by atoms with van der Waals surface area (Å²) in [5.74, 6) is 1.58. The summed E-state index contributed by atoms with van der Waals surface area (Å²) in [6.07, 6.45) is 1.97. The maximum atomic E-state index is 11.9. The Bertz CT molecular complexity index is 553. The van der Waals surface area contributed by atoms with Gasteiger partial charge in [0.25, 0.3) is 0 Å². The maximum absolute atomic E-state index is 11.9. The van der Waals surface area contributed by atoms with Crippen molar-refractivity contribution in [3.63, 3.8) is 0 Å². The molecule has 0 saturated heterocycles.